The van der Waals surface area contributed by atoms with Crippen molar-refractivity contribution in [2.45, 2.75) is 39.7 Å². The van der Waals surface area contributed by atoms with Gasteiger partial charge in [0.25, 0.3) is 5.91 Å². The van der Waals surface area contributed by atoms with Crippen LogP contribution in [0, 0.1) is 12.8 Å². The fourth-order valence-electron chi connectivity index (χ4n) is 3.17. The average molecular weight is 364 g/mol. The minimum atomic E-state index is -0.0395. The van der Waals surface area contributed by atoms with Crippen LogP contribution in [0.15, 0.2) is 17.5 Å². The fraction of sp³-hybridized carbons (Fsp3) is 0.556. The molecule has 1 fully saturated rings. The van der Waals surface area contributed by atoms with Gasteiger partial charge in [-0.2, -0.15) is 0 Å². The summed E-state index contributed by atoms with van der Waals surface area (Å²) in [5.41, 5.74) is 0.552. The van der Waals surface area contributed by atoms with Crippen LogP contribution < -0.4 is 5.32 Å². The number of nitrogens with zero attached hydrogens (tertiary/aromatic N) is 2. The van der Waals surface area contributed by atoms with Crippen LogP contribution >= 0.6 is 22.7 Å². The molecule has 3 rings (SSSR count). The number of piperidine rings is 1. The van der Waals surface area contributed by atoms with E-state index in [1.807, 2.05) is 23.6 Å². The lowest BCUT2D eigenvalue weighted by Gasteiger charge is -2.32. The molecule has 1 N–H and O–H groups in total. The number of hydrogen-bond donors (Lipinski definition) is 1. The van der Waals surface area contributed by atoms with Crippen molar-refractivity contribution < 1.29 is 4.79 Å². The second-order valence-corrected chi connectivity index (χ2v) is 8.74. The number of aryl methyl sites for hydroxylation is 2. The van der Waals surface area contributed by atoms with Gasteiger partial charge in [-0.3, -0.25) is 9.69 Å². The van der Waals surface area contributed by atoms with Crippen molar-refractivity contribution in [3.63, 3.8) is 0 Å². The largest absolute Gasteiger partial charge is 0.350 e. The summed E-state index contributed by atoms with van der Waals surface area (Å²) < 4.78 is 0. The highest BCUT2D eigenvalue weighted by Gasteiger charge is 2.21. The predicted octanol–water partition coefficient (Wildman–Crippen LogP) is 3.72. The molecule has 0 aliphatic carbocycles. The van der Waals surface area contributed by atoms with Gasteiger partial charge in [-0.25, -0.2) is 4.98 Å². The molecule has 1 unspecified atom stereocenters. The minimum absolute atomic E-state index is 0.0395. The smallest absolute Gasteiger partial charge is 0.270 e. The Bertz CT molecular complexity index is 679. The number of likely N-dealkylation sites (tertiary alicyclic amines) is 1. The lowest BCUT2D eigenvalue weighted by Crippen LogP contribution is -2.40. The molecule has 0 bridgehead atoms. The van der Waals surface area contributed by atoms with Crippen LogP contribution in [0.3, 0.4) is 0 Å². The van der Waals surface area contributed by atoms with Crippen molar-refractivity contribution >= 4 is 28.6 Å². The van der Waals surface area contributed by atoms with Crippen molar-refractivity contribution in [2.75, 3.05) is 19.6 Å². The molecule has 1 aliphatic rings. The van der Waals surface area contributed by atoms with Crippen LogP contribution in [0.5, 0.6) is 0 Å². The summed E-state index contributed by atoms with van der Waals surface area (Å²) in [6.07, 6.45) is 3.52. The quantitative estimate of drug-likeness (QED) is 0.851. The van der Waals surface area contributed by atoms with Gasteiger partial charge in [-0.15, -0.1) is 22.7 Å². The molecule has 0 radical (unpaired) electrons. The van der Waals surface area contributed by atoms with E-state index < -0.39 is 0 Å². The van der Waals surface area contributed by atoms with Gasteiger partial charge >= 0.3 is 0 Å². The first-order chi connectivity index (χ1) is 11.6. The van der Waals surface area contributed by atoms with Gasteiger partial charge in [0.05, 0.1) is 5.01 Å². The van der Waals surface area contributed by atoms with Crippen molar-refractivity contribution in [1.29, 1.82) is 0 Å². The maximum atomic E-state index is 12.1. The molecule has 1 aliphatic heterocycles. The maximum Gasteiger partial charge on any atom is 0.270 e. The van der Waals surface area contributed by atoms with E-state index in [9.17, 15) is 4.79 Å². The highest BCUT2D eigenvalue weighted by molar-refractivity contribution is 7.12. The summed E-state index contributed by atoms with van der Waals surface area (Å²) >= 11 is 3.45. The standard InChI is InChI=1S/C18H25N3OS2/c1-3-15-6-7-16(24-15)11-21-8-4-5-14(10-21)9-19-18(22)17-12-23-13(2)20-17/h6-7,12,14H,3-5,8-11H2,1-2H3,(H,19,22). The van der Waals surface area contributed by atoms with Gasteiger partial charge in [0.15, 0.2) is 0 Å². The number of thiazole rings is 1. The van der Waals surface area contributed by atoms with E-state index in [1.165, 1.54) is 33.9 Å². The van der Waals surface area contributed by atoms with Crippen LogP contribution in [0.1, 0.15) is 45.0 Å². The number of hydrogen-bond acceptors (Lipinski definition) is 5. The van der Waals surface area contributed by atoms with Crippen molar-refractivity contribution in [3.05, 3.63) is 38.0 Å². The summed E-state index contributed by atoms with van der Waals surface area (Å²) in [6.45, 7) is 8.15. The van der Waals surface area contributed by atoms with E-state index in [0.717, 1.165) is 37.6 Å². The molecule has 2 aromatic rings. The SMILES string of the molecule is CCc1ccc(CN2CCCC(CNC(=O)c3csc(C)n3)C2)s1. The van der Waals surface area contributed by atoms with Gasteiger partial charge in [0, 0.05) is 34.8 Å². The van der Waals surface area contributed by atoms with Gasteiger partial charge in [0.2, 0.25) is 0 Å². The van der Waals surface area contributed by atoms with E-state index >= 15 is 0 Å². The molecule has 2 aromatic heterocycles. The molecule has 6 heteroatoms. The predicted molar refractivity (Wildman–Crippen MR) is 101 cm³/mol. The lowest BCUT2D eigenvalue weighted by atomic mass is 9.98. The van der Waals surface area contributed by atoms with Gasteiger partial charge in [-0.1, -0.05) is 6.92 Å². The molecule has 1 saturated heterocycles. The molecular weight excluding hydrogens is 338 g/mol. The minimum Gasteiger partial charge on any atom is -0.350 e. The number of aromatic nitrogens is 1. The van der Waals surface area contributed by atoms with E-state index in [2.05, 4.69) is 34.3 Å². The second-order valence-electron chi connectivity index (χ2n) is 6.43. The molecule has 0 spiro atoms. The Morgan fingerprint density at radius 2 is 2.25 bits per heavy atom. The molecule has 1 amide bonds. The Hall–Kier alpha value is -1.24. The number of nitrogens with one attached hydrogen (secondary N) is 1. The average Bonchev–Trinajstić information content (AvgIpc) is 3.22. The maximum absolute atomic E-state index is 12.1. The zero-order chi connectivity index (χ0) is 16.9. The molecule has 0 aromatic carbocycles. The zero-order valence-electron chi connectivity index (χ0n) is 14.4. The molecule has 0 saturated carbocycles. The topological polar surface area (TPSA) is 45.2 Å². The van der Waals surface area contributed by atoms with Crippen LogP contribution in [-0.2, 0) is 13.0 Å². The number of thiophene rings is 1. The van der Waals surface area contributed by atoms with Crippen molar-refractivity contribution in [3.8, 4) is 0 Å². The Balaban J connectivity index is 1.47. The van der Waals surface area contributed by atoms with E-state index in [1.54, 1.807) is 0 Å². The lowest BCUT2D eigenvalue weighted by molar-refractivity contribution is 0.0926. The van der Waals surface area contributed by atoms with Gasteiger partial charge < -0.3 is 5.32 Å². The summed E-state index contributed by atoms with van der Waals surface area (Å²) in [5.74, 6) is 0.496. The third-order valence-electron chi connectivity index (χ3n) is 4.45. The van der Waals surface area contributed by atoms with Crippen LogP contribution in [0.25, 0.3) is 0 Å². The van der Waals surface area contributed by atoms with E-state index in [-0.39, 0.29) is 5.91 Å². The number of amides is 1. The molecule has 3 heterocycles. The second kappa shape index (κ2) is 8.23. The Labute approximate surface area is 151 Å². The molecular formula is C18H25N3OS2. The summed E-state index contributed by atoms with van der Waals surface area (Å²) in [7, 11) is 0. The first kappa shape index (κ1) is 17.6. The van der Waals surface area contributed by atoms with Gasteiger partial charge in [-0.05, 0) is 50.8 Å². The van der Waals surface area contributed by atoms with Crippen LogP contribution in [0.4, 0.5) is 0 Å². The Kier molecular flexibility index (Phi) is 6.03. The Morgan fingerprint density at radius 3 is 2.96 bits per heavy atom. The molecule has 24 heavy (non-hydrogen) atoms. The van der Waals surface area contributed by atoms with Gasteiger partial charge in [0.1, 0.15) is 5.69 Å². The first-order valence-corrected chi connectivity index (χ1v) is 10.3. The fourth-order valence-corrected chi connectivity index (χ4v) is 4.77. The highest BCUT2D eigenvalue weighted by atomic mass is 32.1. The van der Waals surface area contributed by atoms with Crippen LogP contribution in [0.2, 0.25) is 0 Å². The number of rotatable bonds is 6. The summed E-state index contributed by atoms with van der Waals surface area (Å²) in [5, 5.41) is 5.83. The van der Waals surface area contributed by atoms with Crippen LogP contribution in [-0.4, -0.2) is 35.4 Å². The molecule has 1 atom stereocenters. The molecule has 130 valence electrons. The molecule has 4 nitrogen and oxygen atoms in total. The first-order valence-electron chi connectivity index (χ1n) is 8.64. The summed E-state index contributed by atoms with van der Waals surface area (Å²) in [4.78, 5) is 21.8. The monoisotopic (exact) mass is 363 g/mol. The van der Waals surface area contributed by atoms with E-state index in [4.69, 9.17) is 0 Å². The third kappa shape index (κ3) is 4.65. The van der Waals surface area contributed by atoms with E-state index in [0.29, 0.717) is 11.6 Å². The summed E-state index contributed by atoms with van der Waals surface area (Å²) in [6, 6.07) is 4.51. The van der Waals surface area contributed by atoms with Crippen molar-refractivity contribution in [2.24, 2.45) is 5.92 Å². The zero-order valence-corrected chi connectivity index (χ0v) is 16.0. The van der Waals surface area contributed by atoms with Crippen molar-refractivity contribution in [1.82, 2.24) is 15.2 Å². The highest BCUT2D eigenvalue weighted by Crippen LogP contribution is 2.22. The third-order valence-corrected chi connectivity index (χ3v) is 6.44. The number of carbonyl (C=O) groups is 1. The number of carbonyl (C=O) groups excluding carboxylic acids is 1. The normalized spacial score (nSPS) is 18.7. The Morgan fingerprint density at radius 1 is 1.42 bits per heavy atom.